The normalized spacial score (nSPS) is 19.5. The summed E-state index contributed by atoms with van der Waals surface area (Å²) in [5, 5.41) is 12.8. The number of nitrogens with one attached hydrogen (secondary N) is 1. The maximum Gasteiger partial charge on any atom is 0.257 e. The van der Waals surface area contributed by atoms with Crippen molar-refractivity contribution in [3.8, 4) is 22.8 Å². The number of nitrogens with zero attached hydrogens (tertiary/aromatic N) is 8. The van der Waals surface area contributed by atoms with Crippen LogP contribution in [0.4, 0.5) is 11.6 Å². The fraction of sp³-hybridized carbons (Fsp3) is 0.531. The number of halogens is 1. The Morgan fingerprint density at radius 2 is 1.83 bits per heavy atom. The summed E-state index contributed by atoms with van der Waals surface area (Å²) in [5.41, 5.74) is 2.44. The predicted octanol–water partition coefficient (Wildman–Crippen LogP) is 5.03. The third-order valence-corrected chi connectivity index (χ3v) is 8.69. The van der Waals surface area contributed by atoms with Crippen molar-refractivity contribution in [2.75, 3.05) is 51.4 Å². The highest BCUT2D eigenvalue weighted by Crippen LogP contribution is 2.35. The number of aromatic nitrogens is 7. The molecular formula is C32H42ClN9O4. The first kappa shape index (κ1) is 32.2. The van der Waals surface area contributed by atoms with Crippen molar-refractivity contribution in [2.45, 2.75) is 64.3 Å². The molecule has 6 rings (SSSR count). The first-order valence-electron chi connectivity index (χ1n) is 16.0. The highest BCUT2D eigenvalue weighted by atomic mass is 35.5. The SMILES string of the molecule is CCOCCOc1nn(C2CCC(N3CCOCC3)CC2)cc1Nc1ncc(-c2ccc(Cl)c(O[C@@H](C)Cn3cncn3)c2)cn1. The molecule has 2 aliphatic rings. The van der Waals surface area contributed by atoms with Crippen molar-refractivity contribution in [2.24, 2.45) is 0 Å². The summed E-state index contributed by atoms with van der Waals surface area (Å²) in [5.74, 6) is 1.54. The minimum absolute atomic E-state index is 0.164. The van der Waals surface area contributed by atoms with Crippen LogP contribution in [0.15, 0.2) is 49.4 Å². The molecule has 2 fully saturated rings. The van der Waals surface area contributed by atoms with Crippen LogP contribution >= 0.6 is 11.6 Å². The first-order valence-corrected chi connectivity index (χ1v) is 16.4. The smallest absolute Gasteiger partial charge is 0.257 e. The molecule has 0 amide bonds. The lowest BCUT2D eigenvalue weighted by molar-refractivity contribution is 0.00502. The van der Waals surface area contributed by atoms with Gasteiger partial charge in [0.05, 0.1) is 43.6 Å². The van der Waals surface area contributed by atoms with Crippen molar-refractivity contribution in [3.63, 3.8) is 0 Å². The Kier molecular flexibility index (Phi) is 11.0. The van der Waals surface area contributed by atoms with E-state index < -0.39 is 0 Å². The average molecular weight is 652 g/mol. The summed E-state index contributed by atoms with van der Waals surface area (Å²) in [6, 6.07) is 6.56. The Labute approximate surface area is 274 Å². The van der Waals surface area contributed by atoms with E-state index in [0.29, 0.717) is 61.0 Å². The second-order valence-corrected chi connectivity index (χ2v) is 12.0. The van der Waals surface area contributed by atoms with E-state index in [2.05, 4.69) is 30.3 Å². The highest BCUT2D eigenvalue weighted by Gasteiger charge is 2.29. The zero-order chi connectivity index (χ0) is 31.7. The number of rotatable bonds is 14. The molecule has 0 unspecified atom stereocenters. The number of hydrogen-bond acceptors (Lipinski definition) is 11. The van der Waals surface area contributed by atoms with Crippen molar-refractivity contribution >= 4 is 23.2 Å². The molecule has 1 N–H and O–H groups in total. The Balaban J connectivity index is 1.12. The van der Waals surface area contributed by atoms with E-state index in [0.717, 1.165) is 68.8 Å². The fourth-order valence-corrected chi connectivity index (χ4v) is 6.17. The molecule has 0 bridgehead atoms. The largest absolute Gasteiger partial charge is 0.487 e. The van der Waals surface area contributed by atoms with Crippen LogP contribution in [0.5, 0.6) is 11.6 Å². The second kappa shape index (κ2) is 15.7. The van der Waals surface area contributed by atoms with Gasteiger partial charge in [-0.3, -0.25) is 9.58 Å². The van der Waals surface area contributed by atoms with Gasteiger partial charge in [-0.15, -0.1) is 5.10 Å². The van der Waals surface area contributed by atoms with E-state index in [4.69, 9.17) is 35.6 Å². The molecule has 0 radical (unpaired) electrons. The van der Waals surface area contributed by atoms with Gasteiger partial charge in [0, 0.05) is 43.7 Å². The van der Waals surface area contributed by atoms with Gasteiger partial charge in [0.1, 0.15) is 36.8 Å². The number of morpholine rings is 1. The lowest BCUT2D eigenvalue weighted by Gasteiger charge is -2.38. The Morgan fingerprint density at radius 1 is 1.04 bits per heavy atom. The van der Waals surface area contributed by atoms with E-state index in [1.807, 2.05) is 42.9 Å². The quantitative estimate of drug-likeness (QED) is 0.185. The molecule has 1 saturated heterocycles. The fourth-order valence-electron chi connectivity index (χ4n) is 6.01. The van der Waals surface area contributed by atoms with Crippen molar-refractivity contribution < 1.29 is 18.9 Å². The van der Waals surface area contributed by atoms with Gasteiger partial charge >= 0.3 is 0 Å². The van der Waals surface area contributed by atoms with E-state index in [1.165, 1.54) is 6.33 Å². The van der Waals surface area contributed by atoms with E-state index >= 15 is 0 Å². The lowest BCUT2D eigenvalue weighted by atomic mass is 9.90. The van der Waals surface area contributed by atoms with Crippen molar-refractivity contribution in [1.29, 1.82) is 0 Å². The summed E-state index contributed by atoms with van der Waals surface area (Å²) >= 11 is 6.46. The molecule has 13 nitrogen and oxygen atoms in total. The molecule has 0 spiro atoms. The van der Waals surface area contributed by atoms with E-state index in [-0.39, 0.29) is 6.10 Å². The van der Waals surface area contributed by atoms with Crippen molar-refractivity contribution in [3.05, 3.63) is 54.5 Å². The first-order chi connectivity index (χ1) is 22.6. The minimum Gasteiger partial charge on any atom is -0.487 e. The molecule has 1 atom stereocenters. The summed E-state index contributed by atoms with van der Waals surface area (Å²) in [4.78, 5) is 15.8. The van der Waals surface area contributed by atoms with Gasteiger partial charge in [0.15, 0.2) is 0 Å². The molecular weight excluding hydrogens is 610 g/mol. The Hall–Kier alpha value is -3.78. The maximum atomic E-state index is 6.46. The summed E-state index contributed by atoms with van der Waals surface area (Å²) in [6.45, 7) is 9.73. The molecule has 3 aromatic heterocycles. The average Bonchev–Trinajstić information content (AvgIpc) is 3.75. The van der Waals surface area contributed by atoms with Crippen LogP contribution in [-0.4, -0.2) is 97.7 Å². The number of hydrogen-bond donors (Lipinski definition) is 1. The highest BCUT2D eigenvalue weighted by molar-refractivity contribution is 6.32. The third-order valence-electron chi connectivity index (χ3n) is 8.37. The summed E-state index contributed by atoms with van der Waals surface area (Å²) in [7, 11) is 0. The molecule has 246 valence electrons. The predicted molar refractivity (Wildman–Crippen MR) is 174 cm³/mol. The van der Waals surface area contributed by atoms with Gasteiger partial charge < -0.3 is 24.3 Å². The van der Waals surface area contributed by atoms with E-state index in [1.54, 1.807) is 23.4 Å². The molecule has 1 aromatic carbocycles. The van der Waals surface area contributed by atoms with Gasteiger partial charge in [-0.05, 0) is 57.2 Å². The molecule has 1 aliphatic heterocycles. The lowest BCUT2D eigenvalue weighted by Crippen LogP contribution is -2.45. The van der Waals surface area contributed by atoms with Gasteiger partial charge in [-0.1, -0.05) is 17.7 Å². The minimum atomic E-state index is -0.164. The van der Waals surface area contributed by atoms with Gasteiger partial charge in [0.25, 0.3) is 5.88 Å². The zero-order valence-electron chi connectivity index (χ0n) is 26.4. The van der Waals surface area contributed by atoms with Gasteiger partial charge in [-0.2, -0.15) is 5.10 Å². The molecule has 4 aromatic rings. The Morgan fingerprint density at radius 3 is 2.57 bits per heavy atom. The van der Waals surface area contributed by atoms with Crippen LogP contribution in [0.25, 0.3) is 11.1 Å². The number of ether oxygens (including phenoxy) is 4. The van der Waals surface area contributed by atoms with Crippen LogP contribution in [-0.2, 0) is 16.0 Å². The maximum absolute atomic E-state index is 6.46. The van der Waals surface area contributed by atoms with Crippen LogP contribution in [0.1, 0.15) is 45.6 Å². The monoisotopic (exact) mass is 651 g/mol. The van der Waals surface area contributed by atoms with Crippen LogP contribution in [0.3, 0.4) is 0 Å². The molecule has 46 heavy (non-hydrogen) atoms. The number of benzene rings is 1. The molecule has 1 aliphatic carbocycles. The number of anilines is 2. The standard InChI is InChI=1S/C32H42ClN9O4/c1-3-43-14-15-45-31-29(20-42(39-31)27-7-5-26(6-8-27)40-10-12-44-13-11-40)38-32-35-17-25(18-36-32)24-4-9-28(33)30(16-24)46-23(2)19-41-22-34-21-37-41/h4,9,16-18,20-23,26-27H,3,5-8,10-15,19H2,1-2H3,(H,35,36,38)/t23-,26?,27?/m0/s1. The third kappa shape index (κ3) is 8.32. The molecule has 1 saturated carbocycles. The summed E-state index contributed by atoms with van der Waals surface area (Å²) < 4.78 is 27.0. The van der Waals surface area contributed by atoms with E-state index in [9.17, 15) is 0 Å². The summed E-state index contributed by atoms with van der Waals surface area (Å²) in [6.07, 6.45) is 13.0. The van der Waals surface area contributed by atoms with Crippen LogP contribution < -0.4 is 14.8 Å². The second-order valence-electron chi connectivity index (χ2n) is 11.6. The zero-order valence-corrected chi connectivity index (χ0v) is 27.2. The van der Waals surface area contributed by atoms with Gasteiger partial charge in [-0.25, -0.2) is 19.6 Å². The topological polar surface area (TPSA) is 127 Å². The van der Waals surface area contributed by atoms with Crippen LogP contribution in [0.2, 0.25) is 5.02 Å². The van der Waals surface area contributed by atoms with Gasteiger partial charge in [0.2, 0.25) is 5.95 Å². The molecule has 14 heteroatoms. The van der Waals surface area contributed by atoms with Crippen molar-refractivity contribution in [1.82, 2.24) is 39.4 Å². The Bertz CT molecular complexity index is 1500. The molecule has 4 heterocycles. The van der Waals surface area contributed by atoms with Crippen LogP contribution in [0, 0.1) is 0 Å².